The molecular formula is C13H11ClN2O4S. The van der Waals surface area contributed by atoms with Crippen molar-refractivity contribution in [1.82, 2.24) is 4.98 Å². The number of carbonyl (C=O) groups is 1. The summed E-state index contributed by atoms with van der Waals surface area (Å²) in [6.45, 7) is 0. The van der Waals surface area contributed by atoms with E-state index in [-0.39, 0.29) is 10.5 Å². The lowest BCUT2D eigenvalue weighted by atomic mass is 10.2. The normalized spacial score (nSPS) is 11.0. The van der Waals surface area contributed by atoms with Gasteiger partial charge in [-0.25, -0.2) is 13.4 Å². The third-order valence-electron chi connectivity index (χ3n) is 2.58. The van der Waals surface area contributed by atoms with E-state index in [2.05, 4.69) is 10.3 Å². The number of methoxy groups -OCH3 is 1. The molecule has 0 fully saturated rings. The predicted octanol–water partition coefficient (Wildman–Crippen LogP) is 2.27. The summed E-state index contributed by atoms with van der Waals surface area (Å²) >= 11 is 0. The Morgan fingerprint density at radius 2 is 2.05 bits per heavy atom. The van der Waals surface area contributed by atoms with E-state index >= 15 is 0 Å². The van der Waals surface area contributed by atoms with Gasteiger partial charge in [0.05, 0.1) is 23.9 Å². The first kappa shape index (κ1) is 15.3. The summed E-state index contributed by atoms with van der Waals surface area (Å²) in [7, 11) is 2.85. The average Bonchev–Trinajstić information content (AvgIpc) is 2.47. The highest BCUT2D eigenvalue weighted by Gasteiger charge is 2.13. The lowest BCUT2D eigenvalue weighted by Crippen LogP contribution is -2.12. The second-order valence-electron chi connectivity index (χ2n) is 4.01. The number of aromatic nitrogens is 1. The maximum Gasteiger partial charge on any atom is 0.261 e. The molecule has 0 aliphatic rings. The Labute approximate surface area is 126 Å². The van der Waals surface area contributed by atoms with Crippen LogP contribution in [0.2, 0.25) is 0 Å². The van der Waals surface area contributed by atoms with Crippen LogP contribution >= 0.6 is 10.7 Å². The standard InChI is InChI=1S/C13H11ClN2O4S/c1-20-12-6-5-10(8-15-12)16-13(17)9-3-2-4-11(7-9)21(14,18)19/h2-8H,1H3,(H,16,17). The minimum Gasteiger partial charge on any atom is -0.481 e. The molecular weight excluding hydrogens is 316 g/mol. The smallest absolute Gasteiger partial charge is 0.261 e. The van der Waals surface area contributed by atoms with Crippen LogP contribution in [0.3, 0.4) is 0 Å². The first-order valence-electron chi connectivity index (χ1n) is 5.76. The van der Waals surface area contributed by atoms with Crippen LogP contribution in [0.25, 0.3) is 0 Å². The molecule has 0 aliphatic heterocycles. The lowest BCUT2D eigenvalue weighted by Gasteiger charge is -2.06. The molecule has 0 bridgehead atoms. The quantitative estimate of drug-likeness (QED) is 0.871. The minimum atomic E-state index is -3.88. The van der Waals surface area contributed by atoms with Crippen molar-refractivity contribution in [3.05, 3.63) is 48.2 Å². The summed E-state index contributed by atoms with van der Waals surface area (Å²) in [4.78, 5) is 15.9. The molecule has 21 heavy (non-hydrogen) atoms. The maximum absolute atomic E-state index is 12.0. The fraction of sp³-hybridized carbons (Fsp3) is 0.0769. The number of nitrogens with one attached hydrogen (secondary N) is 1. The SMILES string of the molecule is COc1ccc(NC(=O)c2cccc(S(=O)(=O)Cl)c2)cn1. The molecule has 6 nitrogen and oxygen atoms in total. The topological polar surface area (TPSA) is 85.4 Å². The lowest BCUT2D eigenvalue weighted by molar-refractivity contribution is 0.102. The predicted molar refractivity (Wildman–Crippen MR) is 78.2 cm³/mol. The van der Waals surface area contributed by atoms with Crippen molar-refractivity contribution in [3.63, 3.8) is 0 Å². The van der Waals surface area contributed by atoms with Crippen molar-refractivity contribution in [2.75, 3.05) is 12.4 Å². The van der Waals surface area contributed by atoms with Gasteiger partial charge in [0, 0.05) is 22.3 Å². The zero-order chi connectivity index (χ0) is 15.5. The molecule has 0 atom stereocenters. The van der Waals surface area contributed by atoms with Crippen molar-refractivity contribution in [2.45, 2.75) is 4.90 Å². The van der Waals surface area contributed by atoms with Gasteiger partial charge >= 0.3 is 0 Å². The van der Waals surface area contributed by atoms with Gasteiger partial charge in [0.2, 0.25) is 5.88 Å². The highest BCUT2D eigenvalue weighted by atomic mass is 35.7. The number of rotatable bonds is 4. The van der Waals surface area contributed by atoms with Gasteiger partial charge in [0.15, 0.2) is 0 Å². The van der Waals surface area contributed by atoms with Crippen LogP contribution in [0.15, 0.2) is 47.5 Å². The number of hydrogen-bond donors (Lipinski definition) is 1. The van der Waals surface area contributed by atoms with Gasteiger partial charge in [-0.15, -0.1) is 0 Å². The molecule has 1 N–H and O–H groups in total. The molecule has 2 aromatic rings. The van der Waals surface area contributed by atoms with Crippen molar-refractivity contribution in [1.29, 1.82) is 0 Å². The fourth-order valence-electron chi connectivity index (χ4n) is 1.57. The Bertz CT molecular complexity index is 760. The Balaban J connectivity index is 2.20. The number of halogens is 1. The van der Waals surface area contributed by atoms with E-state index in [1.165, 1.54) is 37.6 Å². The van der Waals surface area contributed by atoms with Crippen LogP contribution in [0, 0.1) is 0 Å². The summed E-state index contributed by atoms with van der Waals surface area (Å²) in [6.07, 6.45) is 1.43. The second-order valence-corrected chi connectivity index (χ2v) is 6.57. The van der Waals surface area contributed by atoms with Gasteiger partial charge in [-0.05, 0) is 24.3 Å². The monoisotopic (exact) mass is 326 g/mol. The highest BCUT2D eigenvalue weighted by molar-refractivity contribution is 8.13. The first-order chi connectivity index (χ1) is 9.90. The van der Waals surface area contributed by atoms with Crippen LogP contribution in [-0.4, -0.2) is 26.4 Å². The molecule has 0 spiro atoms. The summed E-state index contributed by atoms with van der Waals surface area (Å²) in [5.41, 5.74) is 0.632. The van der Waals surface area contributed by atoms with Gasteiger partial charge in [0.1, 0.15) is 0 Å². The largest absolute Gasteiger partial charge is 0.481 e. The van der Waals surface area contributed by atoms with Crippen LogP contribution in [0.4, 0.5) is 5.69 Å². The van der Waals surface area contributed by atoms with E-state index < -0.39 is 15.0 Å². The van der Waals surface area contributed by atoms with Crippen LogP contribution in [0.5, 0.6) is 5.88 Å². The van der Waals surface area contributed by atoms with E-state index in [0.717, 1.165) is 0 Å². The number of anilines is 1. The van der Waals surface area contributed by atoms with Gasteiger partial charge in [0.25, 0.3) is 15.0 Å². The molecule has 0 radical (unpaired) electrons. The Kier molecular flexibility index (Phi) is 4.44. The van der Waals surface area contributed by atoms with E-state index in [0.29, 0.717) is 11.6 Å². The van der Waals surface area contributed by atoms with E-state index in [4.69, 9.17) is 15.4 Å². The van der Waals surface area contributed by atoms with Gasteiger partial charge in [-0.1, -0.05) is 6.07 Å². The van der Waals surface area contributed by atoms with Crippen LogP contribution in [0.1, 0.15) is 10.4 Å². The molecule has 2 rings (SSSR count). The third kappa shape index (κ3) is 3.93. The molecule has 1 aromatic heterocycles. The number of amides is 1. The number of carbonyl (C=O) groups excluding carboxylic acids is 1. The van der Waals surface area contributed by atoms with Crippen molar-refractivity contribution >= 4 is 31.3 Å². The number of nitrogens with zero attached hydrogens (tertiary/aromatic N) is 1. The van der Waals surface area contributed by atoms with Crippen molar-refractivity contribution in [3.8, 4) is 5.88 Å². The molecule has 0 saturated heterocycles. The molecule has 110 valence electrons. The molecule has 1 aromatic carbocycles. The van der Waals surface area contributed by atoms with Gasteiger partial charge in [-0.3, -0.25) is 4.79 Å². The number of benzene rings is 1. The van der Waals surface area contributed by atoms with Crippen molar-refractivity contribution < 1.29 is 17.9 Å². The van der Waals surface area contributed by atoms with Gasteiger partial charge < -0.3 is 10.1 Å². The molecule has 0 saturated carbocycles. The first-order valence-corrected chi connectivity index (χ1v) is 8.07. The van der Waals surface area contributed by atoms with E-state index in [1.807, 2.05) is 0 Å². The van der Waals surface area contributed by atoms with Crippen molar-refractivity contribution in [2.24, 2.45) is 0 Å². The minimum absolute atomic E-state index is 0.135. The van der Waals surface area contributed by atoms with E-state index in [9.17, 15) is 13.2 Å². The molecule has 0 unspecified atom stereocenters. The summed E-state index contributed by atoms with van der Waals surface area (Å²) < 4.78 is 27.4. The maximum atomic E-state index is 12.0. The second kappa shape index (κ2) is 6.11. The van der Waals surface area contributed by atoms with Crippen LogP contribution in [-0.2, 0) is 9.05 Å². The zero-order valence-corrected chi connectivity index (χ0v) is 12.5. The third-order valence-corrected chi connectivity index (χ3v) is 3.93. The number of hydrogen-bond acceptors (Lipinski definition) is 5. The number of pyridine rings is 1. The Morgan fingerprint density at radius 3 is 2.62 bits per heavy atom. The fourth-order valence-corrected chi connectivity index (χ4v) is 2.36. The summed E-state index contributed by atoms with van der Waals surface area (Å²) in [5.74, 6) is -0.0487. The molecule has 8 heteroatoms. The van der Waals surface area contributed by atoms with Gasteiger partial charge in [-0.2, -0.15) is 0 Å². The Hall–Kier alpha value is -2.12. The number of ether oxygens (including phenoxy) is 1. The molecule has 0 aliphatic carbocycles. The molecule has 1 heterocycles. The zero-order valence-electron chi connectivity index (χ0n) is 10.9. The average molecular weight is 327 g/mol. The summed E-state index contributed by atoms with van der Waals surface area (Å²) in [6, 6.07) is 8.65. The van der Waals surface area contributed by atoms with E-state index in [1.54, 1.807) is 12.1 Å². The molecule has 1 amide bonds. The highest BCUT2D eigenvalue weighted by Crippen LogP contribution is 2.17. The van der Waals surface area contributed by atoms with Crippen LogP contribution < -0.4 is 10.1 Å². The summed E-state index contributed by atoms with van der Waals surface area (Å²) in [5, 5.41) is 2.59. The Morgan fingerprint density at radius 1 is 1.29 bits per heavy atom.